The van der Waals surface area contributed by atoms with E-state index < -0.39 is 0 Å². The van der Waals surface area contributed by atoms with Gasteiger partial charge in [0.1, 0.15) is 5.82 Å². The van der Waals surface area contributed by atoms with Gasteiger partial charge in [-0.3, -0.25) is 4.68 Å². The predicted molar refractivity (Wildman–Crippen MR) is 60.3 cm³/mol. The maximum atomic E-state index is 5.86. The zero-order valence-electron chi connectivity index (χ0n) is 8.94. The van der Waals surface area contributed by atoms with E-state index >= 15 is 0 Å². The number of hydrogen-bond donors (Lipinski definition) is 1. The van der Waals surface area contributed by atoms with Crippen molar-refractivity contribution in [3.8, 4) is 11.1 Å². The number of nitrogens with two attached hydrogens (primary N) is 1. The summed E-state index contributed by atoms with van der Waals surface area (Å²) in [6, 6.07) is 3.93. The lowest BCUT2D eigenvalue weighted by atomic mass is 10.1. The first kappa shape index (κ1) is 9.71. The monoisotopic (exact) mass is 202 g/mol. The Labute approximate surface area is 88.8 Å². The van der Waals surface area contributed by atoms with Crippen molar-refractivity contribution < 1.29 is 0 Å². The van der Waals surface area contributed by atoms with Crippen molar-refractivity contribution in [3.63, 3.8) is 0 Å². The molecule has 2 rings (SSSR count). The van der Waals surface area contributed by atoms with Crippen molar-refractivity contribution in [2.75, 3.05) is 5.73 Å². The first-order valence-electron chi connectivity index (χ1n) is 4.96. The molecule has 0 aliphatic heterocycles. The molecule has 0 saturated carbocycles. The Kier molecular flexibility index (Phi) is 2.41. The fourth-order valence-electron chi connectivity index (χ4n) is 1.50. The fourth-order valence-corrected chi connectivity index (χ4v) is 1.50. The number of rotatable bonds is 2. The number of nitrogens with zero attached hydrogens (tertiary/aromatic N) is 3. The second-order valence-electron chi connectivity index (χ2n) is 3.47. The van der Waals surface area contributed by atoms with Crippen LogP contribution in [0.3, 0.4) is 0 Å². The molecule has 2 aromatic rings. The van der Waals surface area contributed by atoms with E-state index in [1.54, 1.807) is 0 Å². The van der Waals surface area contributed by atoms with Gasteiger partial charge in [-0.2, -0.15) is 5.10 Å². The van der Waals surface area contributed by atoms with Crippen LogP contribution in [-0.2, 0) is 6.54 Å². The number of aryl methyl sites for hydroxylation is 2. The summed E-state index contributed by atoms with van der Waals surface area (Å²) in [5.41, 5.74) is 8.75. The van der Waals surface area contributed by atoms with Gasteiger partial charge in [-0.1, -0.05) is 0 Å². The van der Waals surface area contributed by atoms with E-state index in [9.17, 15) is 0 Å². The van der Waals surface area contributed by atoms with Crippen molar-refractivity contribution in [2.45, 2.75) is 20.4 Å². The average Bonchev–Trinajstić information content (AvgIpc) is 2.66. The molecule has 4 nitrogen and oxygen atoms in total. The molecular formula is C11H14N4. The summed E-state index contributed by atoms with van der Waals surface area (Å²) in [6.07, 6.45) is 3.79. The number of hydrogen-bond acceptors (Lipinski definition) is 3. The Morgan fingerprint density at radius 3 is 2.80 bits per heavy atom. The number of anilines is 1. The van der Waals surface area contributed by atoms with Gasteiger partial charge in [0, 0.05) is 29.6 Å². The van der Waals surface area contributed by atoms with Crippen molar-refractivity contribution >= 4 is 5.82 Å². The van der Waals surface area contributed by atoms with Crippen LogP contribution in [0.15, 0.2) is 24.5 Å². The molecule has 0 aromatic carbocycles. The largest absolute Gasteiger partial charge is 0.383 e. The minimum absolute atomic E-state index is 0.561. The van der Waals surface area contributed by atoms with Crippen LogP contribution in [-0.4, -0.2) is 14.8 Å². The molecule has 78 valence electrons. The maximum absolute atomic E-state index is 5.86. The summed E-state index contributed by atoms with van der Waals surface area (Å²) in [5.74, 6) is 0.561. The van der Waals surface area contributed by atoms with Crippen LogP contribution in [0.25, 0.3) is 11.1 Å². The highest BCUT2D eigenvalue weighted by atomic mass is 15.3. The van der Waals surface area contributed by atoms with E-state index in [-0.39, 0.29) is 0 Å². The smallest absolute Gasteiger partial charge is 0.131 e. The van der Waals surface area contributed by atoms with Gasteiger partial charge in [0.2, 0.25) is 0 Å². The molecule has 2 N–H and O–H groups in total. The molecule has 15 heavy (non-hydrogen) atoms. The zero-order chi connectivity index (χ0) is 10.8. The second kappa shape index (κ2) is 3.73. The van der Waals surface area contributed by atoms with E-state index in [1.165, 1.54) is 0 Å². The third kappa shape index (κ3) is 1.83. The Balaban J connectivity index is 2.44. The predicted octanol–water partition coefficient (Wildman–Crippen LogP) is 1.86. The van der Waals surface area contributed by atoms with E-state index in [2.05, 4.69) is 10.1 Å². The van der Waals surface area contributed by atoms with Crippen LogP contribution in [0, 0.1) is 6.92 Å². The SMILES string of the molecule is CCn1cc(-c2ccc(C)nc2N)cn1. The number of nitrogen functional groups attached to an aromatic ring is 1. The molecule has 0 aliphatic rings. The topological polar surface area (TPSA) is 56.7 Å². The Bertz CT molecular complexity index is 473. The lowest BCUT2D eigenvalue weighted by Gasteiger charge is -2.02. The Hall–Kier alpha value is -1.84. The van der Waals surface area contributed by atoms with Gasteiger partial charge in [-0.25, -0.2) is 4.98 Å². The van der Waals surface area contributed by atoms with Crippen molar-refractivity contribution in [1.82, 2.24) is 14.8 Å². The summed E-state index contributed by atoms with van der Waals surface area (Å²) < 4.78 is 1.87. The second-order valence-corrected chi connectivity index (χ2v) is 3.47. The van der Waals surface area contributed by atoms with Gasteiger partial charge in [-0.05, 0) is 26.0 Å². The lowest BCUT2D eigenvalue weighted by Crippen LogP contribution is -1.95. The Morgan fingerprint density at radius 2 is 2.20 bits per heavy atom. The minimum Gasteiger partial charge on any atom is -0.383 e. The van der Waals surface area contributed by atoms with Gasteiger partial charge in [0.25, 0.3) is 0 Å². The summed E-state index contributed by atoms with van der Waals surface area (Å²) in [7, 11) is 0. The molecule has 0 amide bonds. The summed E-state index contributed by atoms with van der Waals surface area (Å²) in [4.78, 5) is 4.23. The highest BCUT2D eigenvalue weighted by Crippen LogP contribution is 2.23. The lowest BCUT2D eigenvalue weighted by molar-refractivity contribution is 0.660. The molecule has 0 aliphatic carbocycles. The molecule has 0 atom stereocenters. The van der Waals surface area contributed by atoms with Crippen LogP contribution in [0.4, 0.5) is 5.82 Å². The van der Waals surface area contributed by atoms with Gasteiger partial charge >= 0.3 is 0 Å². The standard InChI is InChI=1S/C11H14N4/c1-3-15-7-9(6-13-15)10-5-4-8(2)14-11(10)12/h4-7H,3H2,1-2H3,(H2,12,14). The Morgan fingerprint density at radius 1 is 1.40 bits per heavy atom. The van der Waals surface area contributed by atoms with Gasteiger partial charge in [0.05, 0.1) is 6.20 Å². The maximum Gasteiger partial charge on any atom is 0.131 e. The molecule has 4 heteroatoms. The normalized spacial score (nSPS) is 10.5. The van der Waals surface area contributed by atoms with Crippen LogP contribution in [0.5, 0.6) is 0 Å². The molecule has 0 fully saturated rings. The summed E-state index contributed by atoms with van der Waals surface area (Å²) >= 11 is 0. The fraction of sp³-hybridized carbons (Fsp3) is 0.273. The van der Waals surface area contributed by atoms with Crippen molar-refractivity contribution in [3.05, 3.63) is 30.2 Å². The average molecular weight is 202 g/mol. The van der Waals surface area contributed by atoms with Gasteiger partial charge in [-0.15, -0.1) is 0 Å². The number of aromatic nitrogens is 3. The molecule has 2 heterocycles. The van der Waals surface area contributed by atoms with Crippen molar-refractivity contribution in [2.24, 2.45) is 0 Å². The minimum atomic E-state index is 0.561. The summed E-state index contributed by atoms with van der Waals surface area (Å²) in [6.45, 7) is 4.84. The first-order valence-corrected chi connectivity index (χ1v) is 4.96. The van der Waals surface area contributed by atoms with Crippen LogP contribution >= 0.6 is 0 Å². The van der Waals surface area contributed by atoms with Crippen LogP contribution < -0.4 is 5.73 Å². The van der Waals surface area contributed by atoms with Crippen LogP contribution in [0.1, 0.15) is 12.6 Å². The molecule has 2 aromatic heterocycles. The zero-order valence-corrected chi connectivity index (χ0v) is 8.94. The van der Waals surface area contributed by atoms with E-state index in [4.69, 9.17) is 5.73 Å². The van der Waals surface area contributed by atoms with Gasteiger partial charge < -0.3 is 5.73 Å². The van der Waals surface area contributed by atoms with Gasteiger partial charge in [0.15, 0.2) is 0 Å². The summed E-state index contributed by atoms with van der Waals surface area (Å²) in [5, 5.41) is 4.21. The molecule has 0 bridgehead atoms. The third-order valence-corrected chi connectivity index (χ3v) is 2.33. The highest BCUT2D eigenvalue weighted by molar-refractivity contribution is 5.72. The first-order chi connectivity index (χ1) is 7.20. The van der Waals surface area contributed by atoms with Crippen LogP contribution in [0.2, 0.25) is 0 Å². The third-order valence-electron chi connectivity index (χ3n) is 2.33. The van der Waals surface area contributed by atoms with E-state index in [1.807, 2.05) is 43.1 Å². The quantitative estimate of drug-likeness (QED) is 0.808. The molecule has 0 saturated heterocycles. The van der Waals surface area contributed by atoms with E-state index in [0.29, 0.717) is 5.82 Å². The van der Waals surface area contributed by atoms with E-state index in [0.717, 1.165) is 23.4 Å². The number of pyridine rings is 1. The molecule has 0 spiro atoms. The molecule has 0 radical (unpaired) electrons. The molecule has 0 unspecified atom stereocenters. The highest BCUT2D eigenvalue weighted by Gasteiger charge is 2.05. The van der Waals surface area contributed by atoms with Crippen molar-refractivity contribution in [1.29, 1.82) is 0 Å². The molecular weight excluding hydrogens is 188 g/mol.